The summed E-state index contributed by atoms with van der Waals surface area (Å²) in [6.45, 7) is 1.74. The average molecular weight is 340 g/mol. The van der Waals surface area contributed by atoms with Crippen molar-refractivity contribution in [2.75, 3.05) is 53.0 Å². The highest BCUT2D eigenvalue weighted by atomic mass is 19.4. The van der Waals surface area contributed by atoms with Crippen LogP contribution in [0.3, 0.4) is 0 Å². The number of rotatable bonds is 7. The highest BCUT2D eigenvalue weighted by Gasteiger charge is 2.61. The van der Waals surface area contributed by atoms with Gasteiger partial charge >= 0.3 is 12.1 Å². The molecule has 1 fully saturated rings. The van der Waals surface area contributed by atoms with Gasteiger partial charge in [0.05, 0.1) is 26.2 Å². The molecule has 0 spiro atoms. The van der Waals surface area contributed by atoms with Crippen LogP contribution in [0.5, 0.6) is 0 Å². The molecule has 1 rings (SSSR count). The number of nitrogens with zero attached hydrogens (tertiary/aromatic N) is 2. The lowest BCUT2D eigenvalue weighted by Gasteiger charge is -2.31. The van der Waals surface area contributed by atoms with Gasteiger partial charge in [0.1, 0.15) is 0 Å². The van der Waals surface area contributed by atoms with Crippen LogP contribution >= 0.6 is 0 Å². The summed E-state index contributed by atoms with van der Waals surface area (Å²) in [6, 6.07) is 0. The van der Waals surface area contributed by atoms with Crippen molar-refractivity contribution in [1.29, 1.82) is 0 Å². The van der Waals surface area contributed by atoms with Gasteiger partial charge in [0.15, 0.2) is 0 Å². The van der Waals surface area contributed by atoms with E-state index in [-0.39, 0.29) is 6.54 Å². The van der Waals surface area contributed by atoms with Crippen LogP contribution in [-0.2, 0) is 4.74 Å². The van der Waals surface area contributed by atoms with Crippen molar-refractivity contribution >= 4 is 0 Å². The minimum absolute atomic E-state index is 0.146. The van der Waals surface area contributed by atoms with E-state index in [0.717, 1.165) is 4.90 Å². The summed E-state index contributed by atoms with van der Waals surface area (Å²) in [7, 11) is 1.26. The summed E-state index contributed by atoms with van der Waals surface area (Å²) in [5.41, 5.74) is 0. The van der Waals surface area contributed by atoms with E-state index in [9.17, 15) is 30.7 Å². The fourth-order valence-corrected chi connectivity index (χ4v) is 2.09. The minimum Gasteiger partial charge on any atom is -0.379 e. The Morgan fingerprint density at radius 1 is 1.00 bits per heavy atom. The second-order valence-corrected chi connectivity index (χ2v) is 5.43. The molecule has 0 radical (unpaired) electrons. The van der Waals surface area contributed by atoms with E-state index in [2.05, 4.69) is 0 Å². The smallest absolute Gasteiger partial charge is 0.379 e. The quantitative estimate of drug-likeness (QED) is 0.662. The highest BCUT2D eigenvalue weighted by Crippen LogP contribution is 2.42. The Morgan fingerprint density at radius 3 is 2.05 bits per heavy atom. The zero-order valence-corrected chi connectivity index (χ0v) is 12.1. The van der Waals surface area contributed by atoms with Crippen molar-refractivity contribution in [3.05, 3.63) is 0 Å². The van der Waals surface area contributed by atoms with E-state index in [1.165, 1.54) is 7.05 Å². The van der Waals surface area contributed by atoms with Crippen LogP contribution < -0.4 is 0 Å². The fraction of sp³-hybridized carbons (Fsp3) is 1.00. The van der Waals surface area contributed by atoms with E-state index in [4.69, 9.17) is 4.74 Å². The Kier molecular flexibility index (Phi) is 6.46. The largest absolute Gasteiger partial charge is 0.453 e. The summed E-state index contributed by atoms with van der Waals surface area (Å²) in [6.07, 6.45) is -8.51. The van der Waals surface area contributed by atoms with Gasteiger partial charge in [-0.05, 0) is 7.05 Å². The molecule has 1 aliphatic rings. The summed E-state index contributed by atoms with van der Waals surface area (Å²) in [5, 5.41) is 0. The first kappa shape index (κ1) is 19.4. The molecule has 0 aromatic heterocycles. The molecule has 0 amide bonds. The molecule has 0 atom stereocenters. The number of ether oxygens (including phenoxy) is 1. The van der Waals surface area contributed by atoms with E-state index < -0.39 is 31.0 Å². The number of morpholine rings is 1. The molecule has 10 heteroatoms. The van der Waals surface area contributed by atoms with Crippen LogP contribution in [-0.4, -0.2) is 80.8 Å². The molecule has 1 saturated heterocycles. The highest BCUT2D eigenvalue weighted by molar-refractivity contribution is 4.85. The maximum atomic E-state index is 13.4. The van der Waals surface area contributed by atoms with Crippen molar-refractivity contribution in [2.24, 2.45) is 0 Å². The molecule has 0 bridgehead atoms. The zero-order chi connectivity index (χ0) is 17.0. The maximum Gasteiger partial charge on any atom is 0.453 e. The Morgan fingerprint density at radius 2 is 1.55 bits per heavy atom. The van der Waals surface area contributed by atoms with Gasteiger partial charge in [0.25, 0.3) is 5.92 Å². The number of halogens is 7. The molecule has 0 saturated carbocycles. The fourth-order valence-electron chi connectivity index (χ4n) is 2.09. The Hall–Kier alpha value is -0.610. The molecule has 22 heavy (non-hydrogen) atoms. The topological polar surface area (TPSA) is 15.7 Å². The number of likely N-dealkylation sites (N-methyl/N-ethyl adjacent to an activating group) is 1. The SMILES string of the molecule is CN(CCN1CCOCC1)CC(F)(F)CC(F)(F)C(F)(F)F. The Labute approximate surface area is 124 Å². The number of hydrogen-bond acceptors (Lipinski definition) is 3. The standard InChI is InChI=1S/C12H19F7N2O/c1-20(2-3-21-4-6-22-7-5-21)9-10(13,14)8-11(15,16)12(17,18)19/h2-9H2,1H3. The third kappa shape index (κ3) is 6.25. The van der Waals surface area contributed by atoms with Gasteiger partial charge in [0.2, 0.25) is 0 Å². The monoisotopic (exact) mass is 340 g/mol. The molecule has 3 nitrogen and oxygen atoms in total. The van der Waals surface area contributed by atoms with E-state index >= 15 is 0 Å². The molecule has 1 heterocycles. The summed E-state index contributed by atoms with van der Waals surface area (Å²) in [4.78, 5) is 3.00. The van der Waals surface area contributed by atoms with Gasteiger partial charge in [-0.2, -0.15) is 22.0 Å². The molecular weight excluding hydrogens is 321 g/mol. The number of hydrogen-bond donors (Lipinski definition) is 0. The van der Waals surface area contributed by atoms with Crippen LogP contribution in [0.4, 0.5) is 30.7 Å². The van der Waals surface area contributed by atoms with E-state index in [1.807, 2.05) is 4.90 Å². The van der Waals surface area contributed by atoms with Crippen molar-refractivity contribution in [2.45, 2.75) is 24.4 Å². The molecule has 132 valence electrons. The van der Waals surface area contributed by atoms with Crippen LogP contribution in [0.1, 0.15) is 6.42 Å². The first-order valence-corrected chi connectivity index (χ1v) is 6.74. The van der Waals surface area contributed by atoms with Crippen LogP contribution in [0.15, 0.2) is 0 Å². The summed E-state index contributed by atoms with van der Waals surface area (Å²) < 4.78 is 93.3. The first-order valence-electron chi connectivity index (χ1n) is 6.74. The molecule has 0 N–H and O–H groups in total. The molecule has 0 aromatic rings. The van der Waals surface area contributed by atoms with Crippen molar-refractivity contribution in [3.63, 3.8) is 0 Å². The maximum absolute atomic E-state index is 13.4. The first-order chi connectivity index (χ1) is 9.93. The number of alkyl halides is 7. The molecule has 1 aliphatic heterocycles. The molecule has 0 aliphatic carbocycles. The van der Waals surface area contributed by atoms with Gasteiger partial charge in [-0.15, -0.1) is 0 Å². The lowest BCUT2D eigenvalue weighted by atomic mass is 10.1. The van der Waals surface area contributed by atoms with Crippen molar-refractivity contribution in [3.8, 4) is 0 Å². The Bertz CT molecular complexity index is 343. The van der Waals surface area contributed by atoms with E-state index in [0.29, 0.717) is 32.8 Å². The summed E-state index contributed by atoms with van der Waals surface area (Å²) in [5.74, 6) is -9.53. The second kappa shape index (κ2) is 7.31. The average Bonchev–Trinajstić information content (AvgIpc) is 2.34. The lowest BCUT2D eigenvalue weighted by Crippen LogP contribution is -2.47. The third-order valence-corrected chi connectivity index (χ3v) is 3.30. The molecule has 0 aromatic carbocycles. The summed E-state index contributed by atoms with van der Waals surface area (Å²) >= 11 is 0. The van der Waals surface area contributed by atoms with Gasteiger partial charge in [-0.1, -0.05) is 0 Å². The Balaban J connectivity index is 2.42. The molecule has 0 unspecified atom stereocenters. The van der Waals surface area contributed by atoms with Crippen molar-refractivity contribution < 1.29 is 35.5 Å². The molecular formula is C12H19F7N2O. The predicted molar refractivity (Wildman–Crippen MR) is 65.3 cm³/mol. The van der Waals surface area contributed by atoms with Crippen LogP contribution in [0.25, 0.3) is 0 Å². The second-order valence-electron chi connectivity index (χ2n) is 5.43. The third-order valence-electron chi connectivity index (χ3n) is 3.30. The van der Waals surface area contributed by atoms with Crippen LogP contribution in [0, 0.1) is 0 Å². The van der Waals surface area contributed by atoms with E-state index in [1.54, 1.807) is 0 Å². The van der Waals surface area contributed by atoms with Gasteiger partial charge in [-0.3, -0.25) is 9.80 Å². The van der Waals surface area contributed by atoms with Gasteiger partial charge in [0, 0.05) is 26.2 Å². The van der Waals surface area contributed by atoms with Gasteiger partial charge in [-0.25, -0.2) is 8.78 Å². The predicted octanol–water partition coefficient (Wildman–Crippen LogP) is 2.47. The van der Waals surface area contributed by atoms with Crippen molar-refractivity contribution in [1.82, 2.24) is 9.80 Å². The zero-order valence-electron chi connectivity index (χ0n) is 12.1. The van der Waals surface area contributed by atoms with Crippen LogP contribution in [0.2, 0.25) is 0 Å². The minimum atomic E-state index is -5.97. The van der Waals surface area contributed by atoms with Gasteiger partial charge < -0.3 is 4.74 Å². The normalized spacial score (nSPS) is 19.0. The lowest BCUT2D eigenvalue weighted by molar-refractivity contribution is -0.301.